The smallest absolute Gasteiger partial charge is 0.343 e. The molecular weight excluding hydrogens is 176 g/mol. The zero-order valence-electron chi connectivity index (χ0n) is 6.78. The highest BCUT2D eigenvalue weighted by molar-refractivity contribution is 7.85. The summed E-state index contributed by atoms with van der Waals surface area (Å²) in [6, 6.07) is 0. The summed E-state index contributed by atoms with van der Waals surface area (Å²) < 4.78 is 10.1. The molecule has 1 aliphatic rings. The van der Waals surface area contributed by atoms with Crippen LogP contribution in [-0.2, 0) is 14.3 Å². The Kier molecular flexibility index (Phi) is 3.62. The van der Waals surface area contributed by atoms with Gasteiger partial charge in [-0.15, -0.1) is 12.6 Å². The maximum absolute atomic E-state index is 10.8. The summed E-state index contributed by atoms with van der Waals surface area (Å²) >= 11 is 3.76. The SMILES string of the molecule is C=C(S)C(=O)OCC1CCCO1. The van der Waals surface area contributed by atoms with E-state index in [0.29, 0.717) is 6.61 Å². The maximum Gasteiger partial charge on any atom is 0.343 e. The van der Waals surface area contributed by atoms with Crippen molar-refractivity contribution in [3.8, 4) is 0 Å². The fraction of sp³-hybridized carbons (Fsp3) is 0.625. The Morgan fingerprint density at radius 3 is 3.00 bits per heavy atom. The monoisotopic (exact) mass is 188 g/mol. The van der Waals surface area contributed by atoms with Crippen LogP contribution >= 0.6 is 12.6 Å². The summed E-state index contributed by atoms with van der Waals surface area (Å²) in [7, 11) is 0. The topological polar surface area (TPSA) is 35.5 Å². The molecule has 1 rings (SSSR count). The van der Waals surface area contributed by atoms with E-state index in [1.165, 1.54) is 0 Å². The van der Waals surface area contributed by atoms with Crippen molar-refractivity contribution in [2.45, 2.75) is 18.9 Å². The van der Waals surface area contributed by atoms with Crippen LogP contribution in [0.4, 0.5) is 0 Å². The maximum atomic E-state index is 10.8. The summed E-state index contributed by atoms with van der Waals surface area (Å²) in [5, 5.41) is 0. The van der Waals surface area contributed by atoms with Crippen LogP contribution in [0.2, 0.25) is 0 Å². The lowest BCUT2D eigenvalue weighted by Crippen LogP contribution is -2.17. The molecule has 1 unspecified atom stereocenters. The molecule has 0 spiro atoms. The molecule has 0 amide bonds. The van der Waals surface area contributed by atoms with Gasteiger partial charge in [0.05, 0.1) is 11.0 Å². The predicted octanol–water partition coefficient (Wildman–Crippen LogP) is 1.15. The van der Waals surface area contributed by atoms with Gasteiger partial charge in [0.1, 0.15) is 6.61 Å². The minimum atomic E-state index is -0.464. The van der Waals surface area contributed by atoms with E-state index >= 15 is 0 Å². The summed E-state index contributed by atoms with van der Waals surface area (Å²) in [5.41, 5.74) is 0. The fourth-order valence-corrected chi connectivity index (χ4v) is 1.09. The third-order valence-electron chi connectivity index (χ3n) is 1.66. The first-order chi connectivity index (χ1) is 5.70. The number of thiol groups is 1. The van der Waals surface area contributed by atoms with Gasteiger partial charge in [0.25, 0.3) is 0 Å². The van der Waals surface area contributed by atoms with E-state index in [-0.39, 0.29) is 11.0 Å². The van der Waals surface area contributed by atoms with Gasteiger partial charge in [-0.25, -0.2) is 4.79 Å². The minimum absolute atomic E-state index is 0.0710. The lowest BCUT2D eigenvalue weighted by atomic mass is 10.2. The molecule has 3 nitrogen and oxygen atoms in total. The zero-order chi connectivity index (χ0) is 8.97. The molecule has 0 radical (unpaired) electrons. The zero-order valence-corrected chi connectivity index (χ0v) is 7.68. The van der Waals surface area contributed by atoms with Crippen LogP contribution in [0.3, 0.4) is 0 Å². The molecule has 0 aliphatic carbocycles. The van der Waals surface area contributed by atoms with E-state index in [4.69, 9.17) is 9.47 Å². The van der Waals surface area contributed by atoms with Gasteiger partial charge < -0.3 is 9.47 Å². The Labute approximate surface area is 77.1 Å². The normalized spacial score (nSPS) is 22.2. The Hall–Kier alpha value is -0.480. The average Bonchev–Trinajstić information content (AvgIpc) is 2.51. The van der Waals surface area contributed by atoms with Crippen molar-refractivity contribution in [3.05, 3.63) is 11.5 Å². The number of ether oxygens (including phenoxy) is 2. The fourth-order valence-electron chi connectivity index (χ4n) is 1.03. The molecule has 0 aromatic carbocycles. The van der Waals surface area contributed by atoms with Crippen molar-refractivity contribution in [2.24, 2.45) is 0 Å². The molecule has 1 saturated heterocycles. The number of hydrogen-bond acceptors (Lipinski definition) is 4. The van der Waals surface area contributed by atoms with Crippen LogP contribution in [0, 0.1) is 0 Å². The number of rotatable bonds is 3. The summed E-state index contributed by atoms with van der Waals surface area (Å²) in [5.74, 6) is -0.464. The molecule has 68 valence electrons. The molecule has 0 aromatic rings. The first-order valence-corrected chi connectivity index (χ1v) is 4.31. The number of carbonyl (C=O) groups is 1. The highest BCUT2D eigenvalue weighted by Gasteiger charge is 2.17. The van der Waals surface area contributed by atoms with E-state index in [1.807, 2.05) is 0 Å². The molecule has 1 heterocycles. The van der Waals surface area contributed by atoms with Crippen LogP contribution in [-0.4, -0.2) is 25.3 Å². The van der Waals surface area contributed by atoms with Crippen LogP contribution in [0.5, 0.6) is 0 Å². The summed E-state index contributed by atoms with van der Waals surface area (Å²) in [6.45, 7) is 4.43. The third-order valence-corrected chi connectivity index (χ3v) is 1.84. The Morgan fingerprint density at radius 2 is 2.50 bits per heavy atom. The minimum Gasteiger partial charge on any atom is -0.459 e. The second-order valence-corrected chi connectivity index (χ2v) is 3.22. The molecular formula is C8H12O3S. The van der Waals surface area contributed by atoms with Gasteiger partial charge in [-0.2, -0.15) is 0 Å². The molecule has 0 aromatic heterocycles. The van der Waals surface area contributed by atoms with E-state index in [9.17, 15) is 4.79 Å². The highest BCUT2D eigenvalue weighted by Crippen LogP contribution is 2.12. The van der Waals surface area contributed by atoms with Crippen molar-refractivity contribution in [2.75, 3.05) is 13.2 Å². The van der Waals surface area contributed by atoms with Crippen molar-refractivity contribution in [3.63, 3.8) is 0 Å². The van der Waals surface area contributed by atoms with E-state index in [1.54, 1.807) is 0 Å². The molecule has 1 aliphatic heterocycles. The number of carbonyl (C=O) groups excluding carboxylic acids is 1. The quantitative estimate of drug-likeness (QED) is 0.410. The van der Waals surface area contributed by atoms with Crippen molar-refractivity contribution < 1.29 is 14.3 Å². The summed E-state index contributed by atoms with van der Waals surface area (Å²) in [6.07, 6.45) is 2.08. The van der Waals surface area contributed by atoms with Gasteiger partial charge in [0, 0.05) is 6.61 Å². The lowest BCUT2D eigenvalue weighted by molar-refractivity contribution is -0.141. The number of hydrogen-bond donors (Lipinski definition) is 1. The summed E-state index contributed by atoms with van der Waals surface area (Å²) in [4.78, 5) is 11.0. The first kappa shape index (κ1) is 9.61. The molecule has 0 N–H and O–H groups in total. The van der Waals surface area contributed by atoms with E-state index in [0.717, 1.165) is 19.4 Å². The Morgan fingerprint density at radius 1 is 1.75 bits per heavy atom. The Balaban J connectivity index is 2.16. The van der Waals surface area contributed by atoms with Gasteiger partial charge in [-0.3, -0.25) is 0 Å². The van der Waals surface area contributed by atoms with Gasteiger partial charge in [0.2, 0.25) is 0 Å². The van der Waals surface area contributed by atoms with Gasteiger partial charge in [-0.1, -0.05) is 6.58 Å². The molecule has 0 bridgehead atoms. The molecule has 1 atom stereocenters. The second kappa shape index (κ2) is 4.52. The van der Waals surface area contributed by atoms with Crippen molar-refractivity contribution in [1.82, 2.24) is 0 Å². The Bertz CT molecular complexity index is 185. The largest absolute Gasteiger partial charge is 0.459 e. The van der Waals surface area contributed by atoms with Crippen LogP contribution in [0.15, 0.2) is 11.5 Å². The van der Waals surface area contributed by atoms with Crippen LogP contribution in [0.1, 0.15) is 12.8 Å². The highest BCUT2D eigenvalue weighted by atomic mass is 32.1. The van der Waals surface area contributed by atoms with Crippen molar-refractivity contribution in [1.29, 1.82) is 0 Å². The lowest BCUT2D eigenvalue weighted by Gasteiger charge is -2.09. The predicted molar refractivity (Wildman–Crippen MR) is 48.1 cm³/mol. The second-order valence-electron chi connectivity index (χ2n) is 2.68. The van der Waals surface area contributed by atoms with Crippen LogP contribution < -0.4 is 0 Å². The van der Waals surface area contributed by atoms with E-state index in [2.05, 4.69) is 19.2 Å². The standard InChI is InChI=1S/C8H12O3S/c1-6(12)8(9)11-5-7-3-2-4-10-7/h7,12H,1-5H2. The molecule has 1 fully saturated rings. The van der Waals surface area contributed by atoms with Gasteiger partial charge >= 0.3 is 5.97 Å². The van der Waals surface area contributed by atoms with E-state index < -0.39 is 5.97 Å². The van der Waals surface area contributed by atoms with Gasteiger partial charge in [0.15, 0.2) is 0 Å². The molecule has 12 heavy (non-hydrogen) atoms. The van der Waals surface area contributed by atoms with Gasteiger partial charge in [-0.05, 0) is 12.8 Å². The average molecular weight is 188 g/mol. The molecule has 4 heteroatoms. The first-order valence-electron chi connectivity index (χ1n) is 3.86. The van der Waals surface area contributed by atoms with Crippen LogP contribution in [0.25, 0.3) is 0 Å². The van der Waals surface area contributed by atoms with Crippen molar-refractivity contribution >= 4 is 18.6 Å². The third kappa shape index (κ3) is 2.87. The number of esters is 1. The molecule has 0 saturated carbocycles.